The molecule has 0 aliphatic heterocycles. The molecule has 0 spiro atoms. The first-order valence-electron chi connectivity index (χ1n) is 15.2. The molecule has 1 unspecified atom stereocenters. The number of hydrogen-bond acceptors (Lipinski definition) is 0. The fourth-order valence-electron chi connectivity index (χ4n) is 7.22. The zero-order chi connectivity index (χ0) is 28.0. The van der Waals surface area contributed by atoms with Crippen molar-refractivity contribution in [2.75, 3.05) is 0 Å². The first-order chi connectivity index (χ1) is 20.8. The molecule has 6 aromatic carbocycles. The van der Waals surface area contributed by atoms with E-state index >= 15 is 0 Å². The summed E-state index contributed by atoms with van der Waals surface area (Å²) in [6.45, 7) is 2.33. The van der Waals surface area contributed by atoms with Crippen molar-refractivity contribution < 1.29 is 0 Å². The van der Waals surface area contributed by atoms with Crippen molar-refractivity contribution in [1.29, 1.82) is 0 Å². The number of allylic oxidation sites excluding steroid dienone is 2. The molecular formula is C41H32Si. The van der Waals surface area contributed by atoms with E-state index in [2.05, 4.69) is 140 Å². The average molecular weight is 553 g/mol. The second-order valence-electron chi connectivity index (χ2n) is 11.7. The van der Waals surface area contributed by atoms with E-state index in [-0.39, 0.29) is 0 Å². The highest BCUT2D eigenvalue weighted by atomic mass is 28.2. The SMILES string of the molecule is CCCC1C([Si]C2=Cc3c(cccc3-c3cccc4ccccc34)C2)=Cc2c(-c3cccc4ccccc34)cccc21. The lowest BCUT2D eigenvalue weighted by atomic mass is 9.90. The van der Waals surface area contributed by atoms with E-state index in [1.807, 2.05) is 0 Å². The second kappa shape index (κ2) is 10.4. The van der Waals surface area contributed by atoms with Crippen molar-refractivity contribution in [3.8, 4) is 22.3 Å². The molecule has 0 bridgehead atoms. The van der Waals surface area contributed by atoms with Crippen LogP contribution in [0.5, 0.6) is 0 Å². The zero-order valence-corrected chi connectivity index (χ0v) is 24.9. The number of benzene rings is 6. The highest BCUT2D eigenvalue weighted by molar-refractivity contribution is 6.57. The van der Waals surface area contributed by atoms with Gasteiger partial charge < -0.3 is 0 Å². The van der Waals surface area contributed by atoms with E-state index in [1.165, 1.54) is 78.9 Å². The Labute approximate surface area is 250 Å². The Balaban J connectivity index is 1.19. The van der Waals surface area contributed by atoms with Crippen molar-refractivity contribution in [3.05, 3.63) is 154 Å². The molecule has 0 saturated carbocycles. The normalized spacial score (nSPS) is 15.5. The molecule has 2 aliphatic rings. The summed E-state index contributed by atoms with van der Waals surface area (Å²) in [5.41, 5.74) is 11.2. The smallest absolute Gasteiger partial charge is 0.0748 e. The van der Waals surface area contributed by atoms with Gasteiger partial charge in [-0.3, -0.25) is 0 Å². The molecule has 200 valence electrons. The first kappa shape index (κ1) is 25.3. The highest BCUT2D eigenvalue weighted by Gasteiger charge is 2.29. The Bertz CT molecular complexity index is 2050. The molecule has 8 rings (SSSR count). The van der Waals surface area contributed by atoms with Crippen LogP contribution >= 0.6 is 0 Å². The van der Waals surface area contributed by atoms with E-state index in [0.717, 1.165) is 6.42 Å². The number of fused-ring (bicyclic) bond motifs is 4. The predicted octanol–water partition coefficient (Wildman–Crippen LogP) is 10.9. The molecule has 0 heterocycles. The van der Waals surface area contributed by atoms with Crippen LogP contribution in [0.15, 0.2) is 132 Å². The first-order valence-corrected chi connectivity index (χ1v) is 16.2. The third kappa shape index (κ3) is 4.19. The molecule has 0 nitrogen and oxygen atoms in total. The molecule has 0 saturated heterocycles. The summed E-state index contributed by atoms with van der Waals surface area (Å²) in [5, 5.41) is 8.43. The van der Waals surface area contributed by atoms with Crippen molar-refractivity contribution in [2.45, 2.75) is 32.1 Å². The Morgan fingerprint density at radius 1 is 0.571 bits per heavy atom. The Morgan fingerprint density at radius 2 is 1.14 bits per heavy atom. The Kier molecular flexibility index (Phi) is 6.27. The summed E-state index contributed by atoms with van der Waals surface area (Å²) in [7, 11) is 0.715. The molecular weight excluding hydrogens is 521 g/mol. The van der Waals surface area contributed by atoms with Crippen LogP contribution in [0.3, 0.4) is 0 Å². The van der Waals surface area contributed by atoms with Gasteiger partial charge in [-0.1, -0.05) is 157 Å². The lowest BCUT2D eigenvalue weighted by Crippen LogP contribution is -2.08. The summed E-state index contributed by atoms with van der Waals surface area (Å²) in [6, 6.07) is 44.9. The maximum Gasteiger partial charge on any atom is 0.111 e. The molecule has 2 aliphatic carbocycles. The van der Waals surface area contributed by atoms with Crippen molar-refractivity contribution in [1.82, 2.24) is 0 Å². The third-order valence-electron chi connectivity index (χ3n) is 9.13. The maximum atomic E-state index is 2.56. The summed E-state index contributed by atoms with van der Waals surface area (Å²) >= 11 is 0. The minimum atomic E-state index is 0.500. The summed E-state index contributed by atoms with van der Waals surface area (Å²) in [5.74, 6) is 0.500. The van der Waals surface area contributed by atoms with Crippen LogP contribution < -0.4 is 0 Å². The van der Waals surface area contributed by atoms with Gasteiger partial charge in [-0.05, 0) is 78.9 Å². The van der Waals surface area contributed by atoms with Gasteiger partial charge in [0, 0.05) is 5.92 Å². The van der Waals surface area contributed by atoms with Gasteiger partial charge in [-0.2, -0.15) is 0 Å². The molecule has 1 heteroatoms. The summed E-state index contributed by atoms with van der Waals surface area (Å²) < 4.78 is 0. The summed E-state index contributed by atoms with van der Waals surface area (Å²) in [6.07, 6.45) is 8.51. The molecule has 0 N–H and O–H groups in total. The van der Waals surface area contributed by atoms with Gasteiger partial charge in [0.25, 0.3) is 0 Å². The van der Waals surface area contributed by atoms with Crippen molar-refractivity contribution in [2.24, 2.45) is 0 Å². The largest absolute Gasteiger partial charge is 0.111 e. The van der Waals surface area contributed by atoms with Gasteiger partial charge in [0.05, 0.1) is 0 Å². The minimum Gasteiger partial charge on any atom is -0.0748 e. The number of rotatable bonds is 6. The van der Waals surface area contributed by atoms with Gasteiger partial charge in [0.15, 0.2) is 0 Å². The Hall–Kier alpha value is -4.46. The fourth-order valence-corrected chi connectivity index (χ4v) is 8.78. The molecule has 0 amide bonds. The highest BCUT2D eigenvalue weighted by Crippen LogP contribution is 2.46. The van der Waals surface area contributed by atoms with Crippen LogP contribution in [0, 0.1) is 0 Å². The van der Waals surface area contributed by atoms with E-state index in [9.17, 15) is 0 Å². The van der Waals surface area contributed by atoms with Gasteiger partial charge in [-0.25, -0.2) is 0 Å². The lowest BCUT2D eigenvalue weighted by Gasteiger charge is -2.17. The van der Waals surface area contributed by atoms with Gasteiger partial charge in [0.2, 0.25) is 0 Å². The molecule has 42 heavy (non-hydrogen) atoms. The topological polar surface area (TPSA) is 0 Å². The number of hydrogen-bond donors (Lipinski definition) is 0. The van der Waals surface area contributed by atoms with E-state index in [1.54, 1.807) is 10.4 Å². The molecule has 2 radical (unpaired) electrons. The zero-order valence-electron chi connectivity index (χ0n) is 23.9. The van der Waals surface area contributed by atoms with Crippen LogP contribution in [-0.2, 0) is 6.42 Å². The standard InChI is InChI=1S/C41H32Si/c1-2-11-38-37-23-10-22-36(34-20-8-15-28-13-4-6-18-32(28)34)40(37)26-41(38)42-30-24-29-16-9-21-35(39(29)25-30)33-19-7-14-27-12-3-5-17-31(27)33/h3-10,12-23,25-26,38H,2,11,24H2,1H3. The minimum absolute atomic E-state index is 0.500. The van der Waals surface area contributed by atoms with Gasteiger partial charge >= 0.3 is 0 Å². The Morgan fingerprint density at radius 3 is 1.83 bits per heavy atom. The molecule has 0 fully saturated rings. The van der Waals surface area contributed by atoms with Crippen molar-refractivity contribution in [3.63, 3.8) is 0 Å². The monoisotopic (exact) mass is 552 g/mol. The van der Waals surface area contributed by atoms with Crippen molar-refractivity contribution >= 4 is 43.2 Å². The van der Waals surface area contributed by atoms with Crippen LogP contribution in [0.2, 0.25) is 0 Å². The summed E-state index contributed by atoms with van der Waals surface area (Å²) in [4.78, 5) is 0. The lowest BCUT2D eigenvalue weighted by molar-refractivity contribution is 0.716. The van der Waals surface area contributed by atoms with Crippen LogP contribution in [0.25, 0.3) is 56.0 Å². The predicted molar refractivity (Wildman–Crippen MR) is 182 cm³/mol. The second-order valence-corrected chi connectivity index (χ2v) is 13.1. The van der Waals surface area contributed by atoms with Crippen LogP contribution in [-0.4, -0.2) is 9.52 Å². The molecule has 6 aromatic rings. The molecule has 0 aromatic heterocycles. The van der Waals surface area contributed by atoms with Gasteiger partial charge in [0.1, 0.15) is 9.52 Å². The maximum absolute atomic E-state index is 2.56. The van der Waals surface area contributed by atoms with Crippen LogP contribution in [0.1, 0.15) is 47.9 Å². The van der Waals surface area contributed by atoms with E-state index in [4.69, 9.17) is 0 Å². The average Bonchev–Trinajstić information content (AvgIpc) is 3.61. The van der Waals surface area contributed by atoms with E-state index < -0.39 is 0 Å². The van der Waals surface area contributed by atoms with Crippen LogP contribution in [0.4, 0.5) is 0 Å². The fraction of sp³-hybridized carbons (Fsp3) is 0.122. The third-order valence-corrected chi connectivity index (χ3v) is 10.6. The quantitative estimate of drug-likeness (QED) is 0.180. The van der Waals surface area contributed by atoms with E-state index in [0.29, 0.717) is 15.4 Å². The van der Waals surface area contributed by atoms with Gasteiger partial charge in [-0.15, -0.1) is 0 Å². The molecule has 1 atom stereocenters.